The van der Waals surface area contributed by atoms with Crippen molar-refractivity contribution in [3.8, 4) is 0 Å². The summed E-state index contributed by atoms with van der Waals surface area (Å²) in [4.78, 5) is 10.8. The highest BCUT2D eigenvalue weighted by Gasteiger charge is 2.09. The van der Waals surface area contributed by atoms with Crippen LogP contribution in [0.15, 0.2) is 22.7 Å². The van der Waals surface area contributed by atoms with Gasteiger partial charge in [0.25, 0.3) is 0 Å². The molecule has 0 aromatic heterocycles. The minimum atomic E-state index is -0.924. The van der Waals surface area contributed by atoms with Crippen LogP contribution in [-0.4, -0.2) is 17.7 Å². The SMILES string of the molecule is CCOCc1cc(Br)ccc1C(=O)O. The molecule has 1 aromatic rings. The second-order valence-electron chi connectivity index (χ2n) is 2.74. The van der Waals surface area contributed by atoms with Crippen molar-refractivity contribution in [2.45, 2.75) is 13.5 Å². The molecule has 0 amide bonds. The van der Waals surface area contributed by atoms with Crippen LogP contribution >= 0.6 is 15.9 Å². The molecule has 1 rings (SSSR count). The molecule has 0 heterocycles. The van der Waals surface area contributed by atoms with E-state index in [0.29, 0.717) is 24.3 Å². The van der Waals surface area contributed by atoms with Gasteiger partial charge in [0, 0.05) is 11.1 Å². The third-order valence-corrected chi connectivity index (χ3v) is 2.25. The number of aromatic carboxylic acids is 1. The number of hydrogen-bond acceptors (Lipinski definition) is 2. The summed E-state index contributed by atoms with van der Waals surface area (Å²) < 4.78 is 6.04. The third kappa shape index (κ3) is 2.82. The molecule has 76 valence electrons. The van der Waals surface area contributed by atoms with Crippen molar-refractivity contribution >= 4 is 21.9 Å². The van der Waals surface area contributed by atoms with Crippen molar-refractivity contribution in [2.75, 3.05) is 6.61 Å². The Hall–Kier alpha value is -0.870. The summed E-state index contributed by atoms with van der Waals surface area (Å²) in [6.07, 6.45) is 0. The van der Waals surface area contributed by atoms with Gasteiger partial charge in [-0.1, -0.05) is 15.9 Å². The maximum absolute atomic E-state index is 10.8. The molecule has 0 aliphatic rings. The lowest BCUT2D eigenvalue weighted by atomic mass is 10.1. The molecule has 14 heavy (non-hydrogen) atoms. The predicted molar refractivity (Wildman–Crippen MR) is 56.4 cm³/mol. The summed E-state index contributed by atoms with van der Waals surface area (Å²) in [6, 6.07) is 5.04. The first-order valence-corrected chi connectivity index (χ1v) is 5.04. The van der Waals surface area contributed by atoms with E-state index >= 15 is 0 Å². The van der Waals surface area contributed by atoms with Crippen LogP contribution in [0.5, 0.6) is 0 Å². The quantitative estimate of drug-likeness (QED) is 0.904. The van der Waals surface area contributed by atoms with Crippen LogP contribution in [0.1, 0.15) is 22.8 Å². The first-order valence-electron chi connectivity index (χ1n) is 4.24. The number of hydrogen-bond donors (Lipinski definition) is 1. The fraction of sp³-hybridized carbons (Fsp3) is 0.300. The predicted octanol–water partition coefficient (Wildman–Crippen LogP) is 2.68. The monoisotopic (exact) mass is 258 g/mol. The maximum Gasteiger partial charge on any atom is 0.336 e. The van der Waals surface area contributed by atoms with Crippen LogP contribution < -0.4 is 0 Å². The summed E-state index contributed by atoms with van der Waals surface area (Å²) in [5, 5.41) is 8.89. The van der Waals surface area contributed by atoms with Gasteiger partial charge in [-0.3, -0.25) is 0 Å². The fourth-order valence-corrected chi connectivity index (χ4v) is 1.51. The summed E-state index contributed by atoms with van der Waals surface area (Å²) in [5.41, 5.74) is 0.982. The van der Waals surface area contributed by atoms with E-state index in [9.17, 15) is 4.79 Å². The Kier molecular flexibility index (Phi) is 4.10. The molecule has 0 fully saturated rings. The highest BCUT2D eigenvalue weighted by atomic mass is 79.9. The number of benzene rings is 1. The Labute approximate surface area is 90.8 Å². The first kappa shape index (κ1) is 11.2. The molecular weight excluding hydrogens is 248 g/mol. The topological polar surface area (TPSA) is 46.5 Å². The number of rotatable bonds is 4. The zero-order valence-electron chi connectivity index (χ0n) is 7.79. The minimum absolute atomic E-state index is 0.293. The van der Waals surface area contributed by atoms with Crippen molar-refractivity contribution in [3.63, 3.8) is 0 Å². The fourth-order valence-electron chi connectivity index (χ4n) is 1.10. The lowest BCUT2D eigenvalue weighted by Crippen LogP contribution is -2.04. The lowest BCUT2D eigenvalue weighted by molar-refractivity contribution is 0.0688. The standard InChI is InChI=1S/C10H11BrO3/c1-2-14-6-7-5-8(11)3-4-9(7)10(12)13/h3-5H,2,6H2,1H3,(H,12,13). The largest absolute Gasteiger partial charge is 0.478 e. The number of ether oxygens (including phenoxy) is 1. The second kappa shape index (κ2) is 5.12. The van der Waals surface area contributed by atoms with Gasteiger partial charge in [0.15, 0.2) is 0 Å². The van der Waals surface area contributed by atoms with Crippen molar-refractivity contribution in [1.29, 1.82) is 0 Å². The van der Waals surface area contributed by atoms with Crippen LogP contribution in [-0.2, 0) is 11.3 Å². The van der Waals surface area contributed by atoms with E-state index in [2.05, 4.69) is 15.9 Å². The molecule has 1 N–H and O–H groups in total. The molecule has 0 bridgehead atoms. The molecule has 1 aromatic carbocycles. The van der Waals surface area contributed by atoms with Gasteiger partial charge in [-0.2, -0.15) is 0 Å². The summed E-state index contributed by atoms with van der Waals surface area (Å²) in [5.74, 6) is -0.924. The highest BCUT2D eigenvalue weighted by Crippen LogP contribution is 2.17. The average molecular weight is 259 g/mol. The summed E-state index contributed by atoms with van der Waals surface area (Å²) in [6.45, 7) is 2.78. The molecule has 0 spiro atoms. The number of carboxylic acid groups (broad SMARTS) is 1. The van der Waals surface area contributed by atoms with E-state index in [-0.39, 0.29) is 0 Å². The zero-order chi connectivity index (χ0) is 10.6. The normalized spacial score (nSPS) is 10.1. The van der Waals surface area contributed by atoms with Crippen molar-refractivity contribution in [2.24, 2.45) is 0 Å². The Bertz CT molecular complexity index is 336. The Balaban J connectivity index is 2.97. The maximum atomic E-state index is 10.8. The Morgan fingerprint density at radius 1 is 1.57 bits per heavy atom. The molecule has 4 heteroatoms. The van der Waals surface area contributed by atoms with Gasteiger partial charge in [0.2, 0.25) is 0 Å². The molecule has 3 nitrogen and oxygen atoms in total. The van der Waals surface area contributed by atoms with Gasteiger partial charge in [-0.15, -0.1) is 0 Å². The Morgan fingerprint density at radius 2 is 2.29 bits per heavy atom. The van der Waals surface area contributed by atoms with Crippen LogP contribution in [0.25, 0.3) is 0 Å². The van der Waals surface area contributed by atoms with E-state index in [1.807, 2.05) is 6.92 Å². The van der Waals surface area contributed by atoms with E-state index < -0.39 is 5.97 Å². The second-order valence-corrected chi connectivity index (χ2v) is 3.66. The van der Waals surface area contributed by atoms with Gasteiger partial charge in [0.1, 0.15) is 0 Å². The van der Waals surface area contributed by atoms with Crippen molar-refractivity contribution in [3.05, 3.63) is 33.8 Å². The van der Waals surface area contributed by atoms with Crippen LogP contribution in [0, 0.1) is 0 Å². The summed E-state index contributed by atoms with van der Waals surface area (Å²) in [7, 11) is 0. The van der Waals surface area contributed by atoms with E-state index in [0.717, 1.165) is 4.47 Å². The molecule has 0 aliphatic heterocycles. The smallest absolute Gasteiger partial charge is 0.336 e. The van der Waals surface area contributed by atoms with Crippen molar-refractivity contribution in [1.82, 2.24) is 0 Å². The Morgan fingerprint density at radius 3 is 2.86 bits per heavy atom. The molecule has 0 saturated heterocycles. The molecule has 0 radical (unpaired) electrons. The van der Waals surface area contributed by atoms with E-state index in [1.165, 1.54) is 0 Å². The van der Waals surface area contributed by atoms with Gasteiger partial charge in [-0.05, 0) is 30.7 Å². The van der Waals surface area contributed by atoms with Gasteiger partial charge in [0.05, 0.1) is 12.2 Å². The van der Waals surface area contributed by atoms with Crippen LogP contribution in [0.2, 0.25) is 0 Å². The van der Waals surface area contributed by atoms with Gasteiger partial charge < -0.3 is 9.84 Å². The molecule has 0 unspecified atom stereocenters. The third-order valence-electron chi connectivity index (χ3n) is 1.76. The van der Waals surface area contributed by atoms with Crippen molar-refractivity contribution < 1.29 is 14.6 Å². The van der Waals surface area contributed by atoms with Crippen LogP contribution in [0.4, 0.5) is 0 Å². The number of carbonyl (C=O) groups is 1. The van der Waals surface area contributed by atoms with E-state index in [4.69, 9.17) is 9.84 Å². The zero-order valence-corrected chi connectivity index (χ0v) is 9.37. The molecule has 0 saturated carbocycles. The van der Waals surface area contributed by atoms with Gasteiger partial charge >= 0.3 is 5.97 Å². The highest BCUT2D eigenvalue weighted by molar-refractivity contribution is 9.10. The molecule has 0 aliphatic carbocycles. The average Bonchev–Trinajstić information content (AvgIpc) is 2.14. The van der Waals surface area contributed by atoms with Gasteiger partial charge in [-0.25, -0.2) is 4.79 Å². The number of halogens is 1. The summed E-state index contributed by atoms with van der Waals surface area (Å²) >= 11 is 3.29. The van der Waals surface area contributed by atoms with Crippen LogP contribution in [0.3, 0.4) is 0 Å². The first-order chi connectivity index (χ1) is 6.65. The minimum Gasteiger partial charge on any atom is -0.478 e. The number of carboxylic acids is 1. The van der Waals surface area contributed by atoms with E-state index in [1.54, 1.807) is 18.2 Å². The molecule has 0 atom stereocenters. The molecular formula is C10H11BrO3. The lowest BCUT2D eigenvalue weighted by Gasteiger charge is -2.06.